The molecule has 1 spiro atoms. The number of allylic oxidation sites excluding steroid dienone is 1. The summed E-state index contributed by atoms with van der Waals surface area (Å²) < 4.78 is 12.0. The van der Waals surface area contributed by atoms with Gasteiger partial charge in [-0.2, -0.15) is 0 Å². The van der Waals surface area contributed by atoms with Crippen LogP contribution in [0.1, 0.15) is 59.8 Å². The number of hydrogen-bond donors (Lipinski definition) is 1. The second kappa shape index (κ2) is 11.2. The number of carbonyl (C=O) groups excluding carboxylic acids is 3. The number of amides is 2. The Bertz CT molecular complexity index is 828. The van der Waals surface area contributed by atoms with E-state index < -0.39 is 41.6 Å². The fourth-order valence-corrected chi connectivity index (χ4v) is 6.16. The summed E-state index contributed by atoms with van der Waals surface area (Å²) in [5.74, 6) is -2.54. The first-order chi connectivity index (χ1) is 16.7. The van der Waals surface area contributed by atoms with Crippen molar-refractivity contribution in [3.05, 3.63) is 25.3 Å². The smallest absolute Gasteiger partial charge is 0.312 e. The molecule has 0 aromatic carbocycles. The van der Waals surface area contributed by atoms with Crippen LogP contribution in [-0.2, 0) is 23.9 Å². The summed E-state index contributed by atoms with van der Waals surface area (Å²) in [6, 6.07) is -1.57. The molecular formula is C27H42N2O6. The lowest BCUT2D eigenvalue weighted by atomic mass is 9.70. The maximum Gasteiger partial charge on any atom is 0.312 e. The number of nitrogens with zero attached hydrogens (tertiary/aromatic N) is 2. The molecule has 0 aliphatic carbocycles. The molecule has 3 aliphatic rings. The molecular weight excluding hydrogens is 448 g/mol. The van der Waals surface area contributed by atoms with Gasteiger partial charge in [-0.1, -0.05) is 32.4 Å². The first-order valence-electron chi connectivity index (χ1n) is 13.0. The number of ether oxygens (including phenoxy) is 2. The van der Waals surface area contributed by atoms with Gasteiger partial charge in [0.15, 0.2) is 0 Å². The standard InChI is InChI=1S/C27H42N2O6/c1-7-10-11-15-34-26(33)21-20-12-13-27(35-20)22(21)24(31)29(19(16-30)18(6)9-3)23(27)25(32)28(14-8-2)17(4)5/h7-8,17-23,30H,1-2,9-16H2,3-6H3/t18-,19-,20-,21+,22-,23?,27?/m0/s1. The van der Waals surface area contributed by atoms with E-state index in [4.69, 9.17) is 9.47 Å². The van der Waals surface area contributed by atoms with Crippen molar-refractivity contribution >= 4 is 17.8 Å². The third-order valence-electron chi connectivity index (χ3n) is 8.12. The predicted molar refractivity (Wildman–Crippen MR) is 132 cm³/mol. The highest BCUT2D eigenvalue weighted by atomic mass is 16.6. The van der Waals surface area contributed by atoms with Crippen LogP contribution in [0.2, 0.25) is 0 Å². The van der Waals surface area contributed by atoms with Gasteiger partial charge in [0.1, 0.15) is 11.6 Å². The van der Waals surface area contributed by atoms with Gasteiger partial charge in [0.05, 0.1) is 37.2 Å². The van der Waals surface area contributed by atoms with E-state index in [9.17, 15) is 19.5 Å². The lowest BCUT2D eigenvalue weighted by molar-refractivity contribution is -0.157. The van der Waals surface area contributed by atoms with Crippen LogP contribution in [0.15, 0.2) is 25.3 Å². The van der Waals surface area contributed by atoms with E-state index in [1.165, 1.54) is 0 Å². The molecule has 8 heteroatoms. The van der Waals surface area contributed by atoms with Gasteiger partial charge in [-0.15, -0.1) is 13.2 Å². The Balaban J connectivity index is 2.03. The molecule has 2 amide bonds. The topological polar surface area (TPSA) is 96.4 Å². The van der Waals surface area contributed by atoms with Crippen LogP contribution in [0.4, 0.5) is 0 Å². The number of hydrogen-bond acceptors (Lipinski definition) is 6. The molecule has 196 valence electrons. The first kappa shape index (κ1) is 27.4. The van der Waals surface area contributed by atoms with Gasteiger partial charge in [0.2, 0.25) is 11.8 Å². The van der Waals surface area contributed by atoms with Gasteiger partial charge in [-0.05, 0) is 45.4 Å². The average molecular weight is 491 g/mol. The molecule has 0 aromatic heterocycles. The Labute approximate surface area is 209 Å². The van der Waals surface area contributed by atoms with Crippen molar-refractivity contribution in [3.63, 3.8) is 0 Å². The Morgan fingerprint density at radius 1 is 1.31 bits per heavy atom. The predicted octanol–water partition coefficient (Wildman–Crippen LogP) is 2.70. The number of aliphatic hydroxyl groups excluding tert-OH is 1. The van der Waals surface area contributed by atoms with E-state index in [-0.39, 0.29) is 37.0 Å². The van der Waals surface area contributed by atoms with Crippen LogP contribution >= 0.6 is 0 Å². The van der Waals surface area contributed by atoms with Crippen LogP contribution in [0.25, 0.3) is 0 Å². The van der Waals surface area contributed by atoms with Crippen molar-refractivity contribution in [1.82, 2.24) is 9.80 Å². The van der Waals surface area contributed by atoms with E-state index in [1.54, 1.807) is 22.0 Å². The normalized spacial score (nSPS) is 30.8. The van der Waals surface area contributed by atoms with E-state index in [1.807, 2.05) is 27.7 Å². The van der Waals surface area contributed by atoms with E-state index in [0.29, 0.717) is 25.8 Å². The quantitative estimate of drug-likeness (QED) is 0.242. The van der Waals surface area contributed by atoms with Crippen LogP contribution in [0.3, 0.4) is 0 Å². The minimum atomic E-state index is -1.10. The molecule has 2 unspecified atom stereocenters. The summed E-state index contributed by atoms with van der Waals surface area (Å²) in [6.45, 7) is 15.6. The molecule has 3 fully saturated rings. The SMILES string of the molecule is C=CCCCOC(=O)[C@@H]1[C@@H]2CCC3(O2)C(C(=O)N(CC=C)C(C)C)N([C@@H](CO)[C@@H](C)CC)C(=O)[C@H]13. The van der Waals surface area contributed by atoms with Gasteiger partial charge in [0, 0.05) is 12.6 Å². The Hall–Kier alpha value is -2.19. The minimum Gasteiger partial charge on any atom is -0.465 e. The molecule has 3 heterocycles. The van der Waals surface area contributed by atoms with Crippen LogP contribution in [0, 0.1) is 17.8 Å². The summed E-state index contributed by atoms with van der Waals surface area (Å²) in [7, 11) is 0. The fourth-order valence-electron chi connectivity index (χ4n) is 6.16. The molecule has 8 nitrogen and oxygen atoms in total. The van der Waals surface area contributed by atoms with Crippen LogP contribution in [-0.4, -0.2) is 82.3 Å². The number of rotatable bonds is 13. The lowest BCUT2D eigenvalue weighted by Crippen LogP contribution is -2.60. The number of unbranched alkanes of at least 4 members (excludes halogenated alkanes) is 1. The summed E-state index contributed by atoms with van der Waals surface area (Å²) in [4.78, 5) is 44.6. The summed E-state index contributed by atoms with van der Waals surface area (Å²) >= 11 is 0. The van der Waals surface area contributed by atoms with E-state index in [2.05, 4.69) is 13.2 Å². The summed E-state index contributed by atoms with van der Waals surface area (Å²) in [5.41, 5.74) is -1.10. The molecule has 0 radical (unpaired) electrons. The van der Waals surface area contributed by atoms with Crippen LogP contribution in [0.5, 0.6) is 0 Å². The molecule has 7 atom stereocenters. The van der Waals surface area contributed by atoms with Crippen molar-refractivity contribution < 1.29 is 29.0 Å². The van der Waals surface area contributed by atoms with Gasteiger partial charge in [-0.3, -0.25) is 14.4 Å². The van der Waals surface area contributed by atoms with Gasteiger partial charge >= 0.3 is 5.97 Å². The molecule has 3 saturated heterocycles. The van der Waals surface area contributed by atoms with Crippen molar-refractivity contribution in [2.45, 2.75) is 89.6 Å². The molecule has 0 aromatic rings. The first-order valence-corrected chi connectivity index (χ1v) is 13.0. The molecule has 0 saturated carbocycles. The lowest BCUT2D eigenvalue weighted by Gasteiger charge is -2.41. The maximum absolute atomic E-state index is 14.1. The van der Waals surface area contributed by atoms with Gasteiger partial charge in [-0.25, -0.2) is 0 Å². The van der Waals surface area contributed by atoms with Crippen molar-refractivity contribution in [1.29, 1.82) is 0 Å². The third-order valence-corrected chi connectivity index (χ3v) is 8.12. The minimum absolute atomic E-state index is 0.0390. The molecule has 3 rings (SSSR count). The Morgan fingerprint density at radius 3 is 2.60 bits per heavy atom. The largest absolute Gasteiger partial charge is 0.465 e. The number of fused-ring (bicyclic) bond motifs is 1. The molecule has 35 heavy (non-hydrogen) atoms. The van der Waals surface area contributed by atoms with Crippen molar-refractivity contribution in [2.75, 3.05) is 19.8 Å². The number of carbonyl (C=O) groups is 3. The third kappa shape index (κ3) is 4.67. The Kier molecular flexibility index (Phi) is 8.81. The highest BCUT2D eigenvalue weighted by Crippen LogP contribution is 2.59. The highest BCUT2D eigenvalue weighted by molar-refractivity contribution is 5.98. The second-order valence-corrected chi connectivity index (χ2v) is 10.4. The zero-order valence-corrected chi connectivity index (χ0v) is 21.7. The van der Waals surface area contributed by atoms with Gasteiger partial charge in [0.25, 0.3) is 0 Å². The number of aliphatic hydroxyl groups is 1. The summed E-state index contributed by atoms with van der Waals surface area (Å²) in [5, 5.41) is 10.4. The molecule has 1 N–H and O–H groups in total. The van der Waals surface area contributed by atoms with Crippen LogP contribution < -0.4 is 0 Å². The van der Waals surface area contributed by atoms with Gasteiger partial charge < -0.3 is 24.4 Å². The Morgan fingerprint density at radius 2 is 2.03 bits per heavy atom. The van der Waals surface area contributed by atoms with Crippen molar-refractivity contribution in [3.8, 4) is 0 Å². The summed E-state index contributed by atoms with van der Waals surface area (Å²) in [6.07, 6.45) is 6.22. The average Bonchev–Trinajstić information content (AvgIpc) is 3.47. The monoisotopic (exact) mass is 490 g/mol. The molecule has 2 bridgehead atoms. The van der Waals surface area contributed by atoms with Crippen molar-refractivity contribution in [2.24, 2.45) is 17.8 Å². The number of likely N-dealkylation sites (tertiary alicyclic amines) is 1. The number of esters is 1. The second-order valence-electron chi connectivity index (χ2n) is 10.4. The molecule has 3 aliphatic heterocycles. The zero-order valence-electron chi connectivity index (χ0n) is 21.7. The van der Waals surface area contributed by atoms with E-state index >= 15 is 0 Å². The highest BCUT2D eigenvalue weighted by Gasteiger charge is 2.75. The zero-order chi connectivity index (χ0) is 25.9. The maximum atomic E-state index is 14.1. The van der Waals surface area contributed by atoms with E-state index in [0.717, 1.165) is 12.8 Å². The fraction of sp³-hybridized carbons (Fsp3) is 0.741.